The van der Waals surface area contributed by atoms with Gasteiger partial charge in [0.1, 0.15) is 23.6 Å². The van der Waals surface area contributed by atoms with Gasteiger partial charge in [-0.15, -0.1) is 0 Å². The highest BCUT2D eigenvalue weighted by molar-refractivity contribution is 5.97. The first kappa shape index (κ1) is 30.3. The second-order valence-corrected chi connectivity index (χ2v) is 10.3. The van der Waals surface area contributed by atoms with Gasteiger partial charge in [0.05, 0.1) is 12.6 Å². The van der Waals surface area contributed by atoms with Crippen molar-refractivity contribution in [2.45, 2.75) is 51.7 Å². The summed E-state index contributed by atoms with van der Waals surface area (Å²) in [6.07, 6.45) is 2.82. The Morgan fingerprint density at radius 2 is 1.55 bits per heavy atom. The van der Waals surface area contributed by atoms with Crippen molar-refractivity contribution in [2.75, 3.05) is 13.1 Å². The monoisotopic (exact) mass is 562 g/mol. The van der Waals surface area contributed by atoms with Gasteiger partial charge in [-0.05, 0) is 66.1 Å². The van der Waals surface area contributed by atoms with Crippen LogP contribution in [0, 0.1) is 11.3 Å². The number of nitrogens with zero attached hydrogens (tertiary/aromatic N) is 2. The van der Waals surface area contributed by atoms with Crippen LogP contribution in [-0.2, 0) is 22.6 Å². The molecule has 0 aromatic heterocycles. The number of carbonyl (C=O) groups is 2. The summed E-state index contributed by atoms with van der Waals surface area (Å²) in [6.45, 7) is 5.73. The summed E-state index contributed by atoms with van der Waals surface area (Å²) in [7, 11) is 0. The summed E-state index contributed by atoms with van der Waals surface area (Å²) >= 11 is 0. The molecular formula is C35H38N4O3. The number of piperazine rings is 1. The van der Waals surface area contributed by atoms with Crippen molar-refractivity contribution in [3.63, 3.8) is 0 Å². The molecule has 1 saturated heterocycles. The Labute approximate surface area is 248 Å². The van der Waals surface area contributed by atoms with E-state index in [1.54, 1.807) is 11.8 Å². The number of fused-ring (bicyclic) bond motifs is 1. The lowest BCUT2D eigenvalue weighted by Gasteiger charge is -2.37. The van der Waals surface area contributed by atoms with Crippen molar-refractivity contribution in [3.8, 4) is 17.6 Å². The average molecular weight is 563 g/mol. The number of para-hydroxylation sites is 1. The smallest absolute Gasteiger partial charge is 0.246 e. The van der Waals surface area contributed by atoms with E-state index in [1.165, 1.54) is 12.8 Å². The first-order chi connectivity index (χ1) is 20.5. The molecule has 0 radical (unpaired) electrons. The largest absolute Gasteiger partial charge is 0.457 e. The van der Waals surface area contributed by atoms with Crippen molar-refractivity contribution < 1.29 is 14.3 Å². The molecule has 2 amide bonds. The number of nitrogens with one attached hydrogen (secondary N) is 2. The Kier molecular flexibility index (Phi) is 11.1. The van der Waals surface area contributed by atoms with E-state index < -0.39 is 12.1 Å². The fraction of sp³-hybridized carbons (Fsp3) is 0.286. The van der Waals surface area contributed by atoms with Crippen molar-refractivity contribution in [1.29, 1.82) is 5.26 Å². The molecule has 0 bridgehead atoms. The Balaban J connectivity index is 0.000000446. The van der Waals surface area contributed by atoms with E-state index in [9.17, 15) is 9.59 Å². The van der Waals surface area contributed by atoms with Crippen LogP contribution < -0.4 is 15.4 Å². The molecule has 1 aliphatic heterocycles. The summed E-state index contributed by atoms with van der Waals surface area (Å²) in [4.78, 5) is 27.7. The number of amides is 2. The van der Waals surface area contributed by atoms with E-state index in [0.717, 1.165) is 39.9 Å². The normalized spacial score (nSPS) is 16.3. The fourth-order valence-electron chi connectivity index (χ4n) is 4.77. The minimum absolute atomic E-state index is 0.0649. The molecule has 5 rings (SSSR count). The van der Waals surface area contributed by atoms with Crippen molar-refractivity contribution in [3.05, 3.63) is 108 Å². The third-order valence-electron chi connectivity index (χ3n) is 7.16. The molecule has 7 nitrogen and oxygen atoms in total. The topological polar surface area (TPSA) is 94.5 Å². The number of hydrogen-bond acceptors (Lipinski definition) is 5. The minimum Gasteiger partial charge on any atom is -0.457 e. The third kappa shape index (κ3) is 8.42. The molecule has 2 atom stereocenters. The van der Waals surface area contributed by atoms with E-state index >= 15 is 0 Å². The zero-order chi connectivity index (χ0) is 29.7. The van der Waals surface area contributed by atoms with Gasteiger partial charge in [0.15, 0.2) is 0 Å². The number of carbonyl (C=O) groups excluding carboxylic acids is 2. The predicted octanol–water partition coefficient (Wildman–Crippen LogP) is 5.99. The molecule has 42 heavy (non-hydrogen) atoms. The van der Waals surface area contributed by atoms with Gasteiger partial charge in [-0.1, -0.05) is 86.1 Å². The van der Waals surface area contributed by atoms with E-state index in [4.69, 9.17) is 10.00 Å². The summed E-state index contributed by atoms with van der Waals surface area (Å²) < 4.78 is 5.85. The molecule has 1 aliphatic rings. The number of hydrogen-bond donors (Lipinski definition) is 2. The molecule has 1 fully saturated rings. The van der Waals surface area contributed by atoms with Crippen LogP contribution in [-0.4, -0.2) is 41.9 Å². The van der Waals surface area contributed by atoms with Crippen molar-refractivity contribution >= 4 is 22.6 Å². The van der Waals surface area contributed by atoms with E-state index in [0.29, 0.717) is 19.5 Å². The SMILES string of the molecule is CCCCNCC#N.C[C@H]1C(=O)N[C@@H](Cc2ccc3ccccc3c2)C(=O)N1Cc1ccc(Oc2ccccc2)cc1. The number of rotatable bonds is 10. The molecule has 1 heterocycles. The van der Waals surface area contributed by atoms with Gasteiger partial charge in [-0.2, -0.15) is 5.26 Å². The number of nitriles is 1. The predicted molar refractivity (Wildman–Crippen MR) is 166 cm³/mol. The fourth-order valence-corrected chi connectivity index (χ4v) is 4.77. The summed E-state index contributed by atoms with van der Waals surface area (Å²) in [5.41, 5.74) is 1.97. The third-order valence-corrected chi connectivity index (χ3v) is 7.16. The maximum Gasteiger partial charge on any atom is 0.246 e. The van der Waals surface area contributed by atoms with Gasteiger partial charge >= 0.3 is 0 Å². The van der Waals surface area contributed by atoms with Gasteiger partial charge < -0.3 is 20.3 Å². The minimum atomic E-state index is -0.578. The lowest BCUT2D eigenvalue weighted by atomic mass is 9.98. The molecule has 0 unspecified atom stereocenters. The van der Waals surface area contributed by atoms with Gasteiger partial charge in [0, 0.05) is 13.0 Å². The maximum absolute atomic E-state index is 13.3. The average Bonchev–Trinajstić information content (AvgIpc) is 3.02. The molecular weight excluding hydrogens is 524 g/mol. The van der Waals surface area contributed by atoms with E-state index in [1.807, 2.05) is 78.9 Å². The van der Waals surface area contributed by atoms with Crippen molar-refractivity contribution in [1.82, 2.24) is 15.5 Å². The van der Waals surface area contributed by atoms with Crippen LogP contribution in [0.1, 0.15) is 37.8 Å². The zero-order valence-electron chi connectivity index (χ0n) is 24.3. The Hall–Kier alpha value is -4.67. The number of unbranched alkanes of at least 4 members (excludes halogenated alkanes) is 1. The molecule has 0 aliphatic carbocycles. The van der Waals surface area contributed by atoms with Gasteiger partial charge in [0.25, 0.3) is 0 Å². The van der Waals surface area contributed by atoms with Crippen molar-refractivity contribution in [2.24, 2.45) is 0 Å². The highest BCUT2D eigenvalue weighted by Gasteiger charge is 2.38. The van der Waals surface area contributed by atoms with Crippen LogP contribution in [0.15, 0.2) is 97.1 Å². The molecule has 0 saturated carbocycles. The lowest BCUT2D eigenvalue weighted by Crippen LogP contribution is -2.62. The second kappa shape index (κ2) is 15.4. The number of ether oxygens (including phenoxy) is 1. The maximum atomic E-state index is 13.3. The summed E-state index contributed by atoms with van der Waals surface area (Å²) in [5, 5.41) is 16.2. The second-order valence-electron chi connectivity index (χ2n) is 10.3. The molecule has 0 spiro atoms. The van der Waals surface area contributed by atoms with Gasteiger partial charge in [0.2, 0.25) is 11.8 Å². The van der Waals surface area contributed by atoms with Gasteiger partial charge in [-0.25, -0.2) is 0 Å². The van der Waals surface area contributed by atoms with E-state index in [2.05, 4.69) is 41.8 Å². The van der Waals surface area contributed by atoms with Crippen LogP contribution >= 0.6 is 0 Å². The summed E-state index contributed by atoms with van der Waals surface area (Å²) in [5.74, 6) is 1.29. The highest BCUT2D eigenvalue weighted by Crippen LogP contribution is 2.24. The van der Waals surface area contributed by atoms with Crippen LogP contribution in [0.5, 0.6) is 11.5 Å². The van der Waals surface area contributed by atoms with Crippen LogP contribution in [0.3, 0.4) is 0 Å². The highest BCUT2D eigenvalue weighted by atomic mass is 16.5. The molecule has 7 heteroatoms. The Morgan fingerprint density at radius 1 is 0.881 bits per heavy atom. The quantitative estimate of drug-likeness (QED) is 0.183. The molecule has 2 N–H and O–H groups in total. The summed E-state index contributed by atoms with van der Waals surface area (Å²) in [6, 6.07) is 32.4. The van der Waals surface area contributed by atoms with Crippen LogP contribution in [0.2, 0.25) is 0 Å². The number of benzene rings is 4. The molecule has 4 aromatic rings. The van der Waals surface area contributed by atoms with E-state index in [-0.39, 0.29) is 11.8 Å². The lowest BCUT2D eigenvalue weighted by molar-refractivity contribution is -0.149. The molecule has 216 valence electrons. The molecule has 4 aromatic carbocycles. The first-order valence-corrected chi connectivity index (χ1v) is 14.5. The first-order valence-electron chi connectivity index (χ1n) is 14.5. The Morgan fingerprint density at radius 3 is 2.26 bits per heavy atom. The standard InChI is InChI=1S/C29H26N2O3.C6H12N2/c1-20-28(32)30-27(18-22-11-14-23-7-5-6-8-24(23)17-22)29(33)31(20)19-21-12-15-26(16-13-21)34-25-9-3-2-4-10-25;1-2-3-5-8-6-4-7/h2-17,20,27H,18-19H2,1H3,(H,30,32);8H,2-3,5-6H2,1H3/t20-,27-;/m0./s1. The van der Waals surface area contributed by atoms with Crippen LogP contribution in [0.4, 0.5) is 0 Å². The zero-order valence-corrected chi connectivity index (χ0v) is 24.3. The van der Waals surface area contributed by atoms with Crippen LogP contribution in [0.25, 0.3) is 10.8 Å². The van der Waals surface area contributed by atoms with Gasteiger partial charge in [-0.3, -0.25) is 9.59 Å². The Bertz CT molecular complexity index is 1500.